The predicted molar refractivity (Wildman–Crippen MR) is 88.4 cm³/mol. The third kappa shape index (κ3) is 4.90. The third-order valence-electron chi connectivity index (χ3n) is 3.11. The van der Waals surface area contributed by atoms with Crippen molar-refractivity contribution in [2.24, 2.45) is 0 Å². The minimum Gasteiger partial charge on any atom is -0.457 e. The molecular formula is C18H22N2O2. The van der Waals surface area contributed by atoms with E-state index in [0.717, 1.165) is 12.3 Å². The second-order valence-corrected chi connectivity index (χ2v) is 5.58. The summed E-state index contributed by atoms with van der Waals surface area (Å²) in [5.41, 5.74) is 0.631. The summed E-state index contributed by atoms with van der Waals surface area (Å²) >= 11 is 0. The summed E-state index contributed by atoms with van der Waals surface area (Å²) in [6.07, 6.45) is 0. The molecule has 0 saturated heterocycles. The van der Waals surface area contributed by atoms with Crippen molar-refractivity contribution in [3.05, 3.63) is 60.2 Å². The van der Waals surface area contributed by atoms with E-state index in [9.17, 15) is 4.79 Å². The van der Waals surface area contributed by atoms with Crippen LogP contribution < -0.4 is 10.1 Å². The fourth-order valence-corrected chi connectivity index (χ4v) is 2.20. The van der Waals surface area contributed by atoms with E-state index >= 15 is 0 Å². The normalized spacial score (nSPS) is 12.0. The first-order valence-corrected chi connectivity index (χ1v) is 7.33. The molecule has 0 aliphatic heterocycles. The van der Waals surface area contributed by atoms with Crippen LogP contribution in [0.4, 0.5) is 0 Å². The lowest BCUT2D eigenvalue weighted by Gasteiger charge is -2.18. The average Bonchev–Trinajstić information content (AvgIpc) is 2.48. The Morgan fingerprint density at radius 1 is 1.05 bits per heavy atom. The first kappa shape index (κ1) is 16.0. The molecular weight excluding hydrogens is 276 g/mol. The molecule has 0 bridgehead atoms. The number of carbonyl (C=O) groups excluding carboxylic acids is 1. The highest BCUT2D eigenvalue weighted by Crippen LogP contribution is 2.21. The molecule has 4 nitrogen and oxygen atoms in total. The van der Waals surface area contributed by atoms with Gasteiger partial charge in [0.05, 0.1) is 0 Å². The Labute approximate surface area is 131 Å². The molecule has 0 spiro atoms. The Morgan fingerprint density at radius 2 is 1.64 bits per heavy atom. The smallest absolute Gasteiger partial charge is 0.251 e. The van der Waals surface area contributed by atoms with Gasteiger partial charge in [-0.15, -0.1) is 0 Å². The third-order valence-corrected chi connectivity index (χ3v) is 3.11. The van der Waals surface area contributed by atoms with Gasteiger partial charge in [-0.3, -0.25) is 4.79 Å². The summed E-state index contributed by atoms with van der Waals surface area (Å²) in [6, 6.07) is 16.8. The minimum atomic E-state index is -0.0689. The first-order chi connectivity index (χ1) is 10.5. The Bertz CT molecular complexity index is 594. The maximum atomic E-state index is 12.1. The summed E-state index contributed by atoms with van der Waals surface area (Å²) in [4.78, 5) is 14.2. The number of carbonyl (C=O) groups is 1. The Kier molecular flexibility index (Phi) is 5.55. The molecule has 2 aromatic carbocycles. The van der Waals surface area contributed by atoms with Gasteiger partial charge in [0, 0.05) is 18.2 Å². The molecule has 0 heterocycles. The van der Waals surface area contributed by atoms with Crippen molar-refractivity contribution >= 4 is 5.91 Å². The lowest BCUT2D eigenvalue weighted by atomic mass is 10.2. The Balaban J connectivity index is 1.95. The van der Waals surface area contributed by atoms with E-state index in [4.69, 9.17) is 4.74 Å². The van der Waals surface area contributed by atoms with Gasteiger partial charge in [0.15, 0.2) is 0 Å². The topological polar surface area (TPSA) is 41.6 Å². The number of amides is 1. The zero-order chi connectivity index (χ0) is 15.9. The molecule has 0 saturated carbocycles. The predicted octanol–water partition coefficient (Wildman–Crippen LogP) is 3.16. The molecule has 0 radical (unpaired) electrons. The monoisotopic (exact) mass is 298 g/mol. The average molecular weight is 298 g/mol. The quantitative estimate of drug-likeness (QED) is 0.890. The fourth-order valence-electron chi connectivity index (χ4n) is 2.20. The van der Waals surface area contributed by atoms with Gasteiger partial charge in [-0.1, -0.05) is 18.2 Å². The fraction of sp³-hybridized carbons (Fsp3) is 0.278. The highest BCUT2D eigenvalue weighted by molar-refractivity contribution is 5.94. The lowest BCUT2D eigenvalue weighted by molar-refractivity contribution is 0.0934. The summed E-state index contributed by atoms with van der Waals surface area (Å²) in [5.74, 6) is 1.42. The van der Waals surface area contributed by atoms with Crippen LogP contribution in [0, 0.1) is 0 Å². The van der Waals surface area contributed by atoms with Gasteiger partial charge >= 0.3 is 0 Å². The molecule has 116 valence electrons. The van der Waals surface area contributed by atoms with Crippen molar-refractivity contribution < 1.29 is 9.53 Å². The minimum absolute atomic E-state index is 0.0689. The number of ether oxygens (including phenoxy) is 1. The van der Waals surface area contributed by atoms with Crippen LogP contribution in [0.2, 0.25) is 0 Å². The van der Waals surface area contributed by atoms with Gasteiger partial charge in [-0.25, -0.2) is 0 Å². The summed E-state index contributed by atoms with van der Waals surface area (Å²) in [5, 5.41) is 2.98. The molecule has 0 aromatic heterocycles. The van der Waals surface area contributed by atoms with Crippen molar-refractivity contribution in [2.45, 2.75) is 13.0 Å². The van der Waals surface area contributed by atoms with Gasteiger partial charge in [0.1, 0.15) is 11.5 Å². The maximum Gasteiger partial charge on any atom is 0.251 e. The summed E-state index contributed by atoms with van der Waals surface area (Å²) in [7, 11) is 3.97. The van der Waals surface area contributed by atoms with Crippen molar-refractivity contribution in [3.63, 3.8) is 0 Å². The lowest BCUT2D eigenvalue weighted by Crippen LogP contribution is -2.39. The molecule has 1 amide bonds. The number of hydrogen-bond acceptors (Lipinski definition) is 3. The van der Waals surface area contributed by atoms with Gasteiger partial charge in [-0.2, -0.15) is 0 Å². The van der Waals surface area contributed by atoms with Crippen molar-refractivity contribution in [3.8, 4) is 11.5 Å². The molecule has 1 atom stereocenters. The number of nitrogens with zero attached hydrogens (tertiary/aromatic N) is 1. The van der Waals surface area contributed by atoms with Crippen molar-refractivity contribution in [2.75, 3.05) is 20.6 Å². The molecule has 0 aliphatic carbocycles. The van der Waals surface area contributed by atoms with E-state index in [1.165, 1.54) is 0 Å². The Morgan fingerprint density at radius 3 is 2.23 bits per heavy atom. The second kappa shape index (κ2) is 7.61. The molecule has 2 aromatic rings. The second-order valence-electron chi connectivity index (χ2n) is 5.58. The number of para-hydroxylation sites is 1. The standard InChI is InChI=1S/C18H22N2O2/c1-14(13-20(2)3)19-18(21)15-9-11-17(12-10-15)22-16-7-5-4-6-8-16/h4-12,14H,13H2,1-3H3,(H,19,21). The van der Waals surface area contributed by atoms with E-state index in [1.807, 2.05) is 56.3 Å². The number of benzene rings is 2. The zero-order valence-electron chi connectivity index (χ0n) is 13.2. The van der Waals surface area contributed by atoms with Gasteiger partial charge in [-0.05, 0) is 57.4 Å². The van der Waals surface area contributed by atoms with Gasteiger partial charge < -0.3 is 15.0 Å². The summed E-state index contributed by atoms with van der Waals surface area (Å²) < 4.78 is 5.71. The SMILES string of the molecule is CC(CN(C)C)NC(=O)c1ccc(Oc2ccccc2)cc1. The number of likely N-dealkylation sites (N-methyl/N-ethyl adjacent to an activating group) is 1. The van der Waals surface area contributed by atoms with Gasteiger partial charge in [0.25, 0.3) is 5.91 Å². The van der Waals surface area contributed by atoms with E-state index in [2.05, 4.69) is 5.32 Å². The highest BCUT2D eigenvalue weighted by Gasteiger charge is 2.10. The molecule has 2 rings (SSSR count). The van der Waals surface area contributed by atoms with Gasteiger partial charge in [0.2, 0.25) is 0 Å². The van der Waals surface area contributed by atoms with Crippen molar-refractivity contribution in [1.29, 1.82) is 0 Å². The molecule has 0 aliphatic rings. The van der Waals surface area contributed by atoms with Crippen LogP contribution in [0.3, 0.4) is 0 Å². The molecule has 22 heavy (non-hydrogen) atoms. The van der Waals surface area contributed by atoms with Crippen LogP contribution in [-0.2, 0) is 0 Å². The van der Waals surface area contributed by atoms with Crippen LogP contribution in [-0.4, -0.2) is 37.5 Å². The van der Waals surface area contributed by atoms with Crippen LogP contribution in [0.25, 0.3) is 0 Å². The van der Waals surface area contributed by atoms with Crippen LogP contribution in [0.5, 0.6) is 11.5 Å². The zero-order valence-corrected chi connectivity index (χ0v) is 13.2. The Hall–Kier alpha value is -2.33. The first-order valence-electron chi connectivity index (χ1n) is 7.33. The number of hydrogen-bond donors (Lipinski definition) is 1. The van der Waals surface area contributed by atoms with E-state index in [-0.39, 0.29) is 11.9 Å². The van der Waals surface area contributed by atoms with E-state index in [1.54, 1.807) is 24.3 Å². The molecule has 1 unspecified atom stereocenters. The molecule has 0 fully saturated rings. The largest absolute Gasteiger partial charge is 0.457 e. The number of rotatable bonds is 6. The van der Waals surface area contributed by atoms with Crippen molar-refractivity contribution in [1.82, 2.24) is 10.2 Å². The maximum absolute atomic E-state index is 12.1. The number of nitrogens with one attached hydrogen (secondary N) is 1. The van der Waals surface area contributed by atoms with E-state index < -0.39 is 0 Å². The highest BCUT2D eigenvalue weighted by atomic mass is 16.5. The molecule has 4 heteroatoms. The van der Waals surface area contributed by atoms with E-state index in [0.29, 0.717) is 11.3 Å². The van der Waals surface area contributed by atoms with Crippen LogP contribution in [0.15, 0.2) is 54.6 Å². The summed E-state index contributed by atoms with van der Waals surface area (Å²) in [6.45, 7) is 2.80. The van der Waals surface area contributed by atoms with Crippen LogP contribution >= 0.6 is 0 Å². The molecule has 1 N–H and O–H groups in total. The van der Waals surface area contributed by atoms with Crippen LogP contribution in [0.1, 0.15) is 17.3 Å².